The van der Waals surface area contributed by atoms with Crippen LogP contribution in [0, 0.1) is 6.92 Å². The molecule has 2 rings (SSSR count). The van der Waals surface area contributed by atoms with Crippen LogP contribution >= 0.6 is 0 Å². The first-order chi connectivity index (χ1) is 13.8. The zero-order valence-electron chi connectivity index (χ0n) is 15.3. The average Bonchev–Trinajstić information content (AvgIpc) is 2.62. The van der Waals surface area contributed by atoms with Crippen LogP contribution in [0.1, 0.15) is 32.6 Å². The molecule has 0 heterocycles. The summed E-state index contributed by atoms with van der Waals surface area (Å²) in [4.78, 5) is 23.0. The molecule has 0 aliphatic heterocycles. The fourth-order valence-corrected chi connectivity index (χ4v) is 2.48. The van der Waals surface area contributed by atoms with E-state index in [1.807, 2.05) is 0 Å². The van der Waals surface area contributed by atoms with Gasteiger partial charge in [0.1, 0.15) is 5.75 Å². The smallest absolute Gasteiger partial charge is 0.416 e. The van der Waals surface area contributed by atoms with E-state index in [4.69, 9.17) is 9.84 Å². The van der Waals surface area contributed by atoms with Crippen LogP contribution in [0.25, 0.3) is 0 Å². The molecule has 0 spiro atoms. The lowest BCUT2D eigenvalue weighted by atomic mass is 10.0. The molecule has 162 valence electrons. The number of halogens is 6. The van der Waals surface area contributed by atoms with Gasteiger partial charge in [-0.25, -0.2) is 4.79 Å². The van der Waals surface area contributed by atoms with Gasteiger partial charge in [0.25, 0.3) is 5.91 Å². The SMILES string of the molecule is Cc1ccc(C(=O)NCc2cc(C(F)(F)F)cc(C(F)(F)F)c2)c(OCC(=O)O)c1. The Morgan fingerprint density at radius 2 is 1.53 bits per heavy atom. The molecular weight excluding hydrogens is 420 g/mol. The van der Waals surface area contributed by atoms with Crippen LogP contribution in [0.3, 0.4) is 0 Å². The van der Waals surface area contributed by atoms with Crippen molar-refractivity contribution in [3.63, 3.8) is 0 Å². The topological polar surface area (TPSA) is 75.6 Å². The molecule has 2 N–H and O–H groups in total. The van der Waals surface area contributed by atoms with Crippen molar-refractivity contribution in [1.82, 2.24) is 5.32 Å². The summed E-state index contributed by atoms with van der Waals surface area (Å²) in [6, 6.07) is 5.19. The van der Waals surface area contributed by atoms with Crippen molar-refractivity contribution in [3.8, 4) is 5.75 Å². The summed E-state index contributed by atoms with van der Waals surface area (Å²) < 4.78 is 82.6. The first kappa shape index (κ1) is 23.0. The van der Waals surface area contributed by atoms with E-state index in [9.17, 15) is 35.9 Å². The van der Waals surface area contributed by atoms with Gasteiger partial charge < -0.3 is 15.2 Å². The van der Waals surface area contributed by atoms with E-state index < -0.39 is 54.1 Å². The molecule has 2 aromatic carbocycles. The van der Waals surface area contributed by atoms with E-state index in [-0.39, 0.29) is 17.4 Å². The first-order valence-corrected chi connectivity index (χ1v) is 8.29. The van der Waals surface area contributed by atoms with E-state index in [0.717, 1.165) is 0 Å². The van der Waals surface area contributed by atoms with Crippen molar-refractivity contribution >= 4 is 11.9 Å². The first-order valence-electron chi connectivity index (χ1n) is 8.29. The van der Waals surface area contributed by atoms with Crippen LogP contribution in [0.4, 0.5) is 26.3 Å². The number of alkyl halides is 6. The monoisotopic (exact) mass is 435 g/mol. The van der Waals surface area contributed by atoms with Crippen molar-refractivity contribution in [2.75, 3.05) is 6.61 Å². The van der Waals surface area contributed by atoms with Gasteiger partial charge in [-0.3, -0.25) is 4.79 Å². The molecule has 0 saturated heterocycles. The van der Waals surface area contributed by atoms with E-state index in [0.29, 0.717) is 17.7 Å². The Bertz CT molecular complexity index is 921. The van der Waals surface area contributed by atoms with Crippen LogP contribution < -0.4 is 10.1 Å². The number of hydrogen-bond acceptors (Lipinski definition) is 3. The Morgan fingerprint density at radius 3 is 2.03 bits per heavy atom. The van der Waals surface area contributed by atoms with Gasteiger partial charge in [-0.15, -0.1) is 0 Å². The molecular formula is C19H15F6NO4. The second kappa shape index (κ2) is 8.64. The number of carboxylic acid groups (broad SMARTS) is 1. The largest absolute Gasteiger partial charge is 0.481 e. The summed E-state index contributed by atoms with van der Waals surface area (Å²) in [7, 11) is 0. The highest BCUT2D eigenvalue weighted by Crippen LogP contribution is 2.36. The lowest BCUT2D eigenvalue weighted by Gasteiger charge is -2.15. The van der Waals surface area contributed by atoms with Crippen molar-refractivity contribution in [2.45, 2.75) is 25.8 Å². The molecule has 0 aliphatic rings. The highest BCUT2D eigenvalue weighted by Gasteiger charge is 2.36. The minimum Gasteiger partial charge on any atom is -0.481 e. The fourth-order valence-electron chi connectivity index (χ4n) is 2.48. The Hall–Kier alpha value is -3.24. The number of carboxylic acids is 1. The third kappa shape index (κ3) is 6.13. The van der Waals surface area contributed by atoms with E-state index in [2.05, 4.69) is 5.32 Å². The predicted octanol–water partition coefficient (Wildman–Crippen LogP) is 4.43. The van der Waals surface area contributed by atoms with Crippen LogP contribution in [-0.4, -0.2) is 23.6 Å². The molecule has 0 saturated carbocycles. The minimum absolute atomic E-state index is 0.0108. The lowest BCUT2D eigenvalue weighted by Crippen LogP contribution is -2.24. The maximum atomic E-state index is 12.9. The van der Waals surface area contributed by atoms with E-state index >= 15 is 0 Å². The predicted molar refractivity (Wildman–Crippen MR) is 91.9 cm³/mol. The summed E-state index contributed by atoms with van der Waals surface area (Å²) in [6.45, 7) is 0.279. The molecule has 0 aliphatic carbocycles. The van der Waals surface area contributed by atoms with Gasteiger partial charge in [-0.1, -0.05) is 6.07 Å². The maximum Gasteiger partial charge on any atom is 0.416 e. The molecule has 0 fully saturated rings. The molecule has 11 heteroatoms. The molecule has 1 amide bonds. The molecule has 0 bridgehead atoms. The highest BCUT2D eigenvalue weighted by molar-refractivity contribution is 5.97. The summed E-state index contributed by atoms with van der Waals surface area (Å²) in [5, 5.41) is 10.9. The van der Waals surface area contributed by atoms with Gasteiger partial charge in [0, 0.05) is 6.54 Å². The lowest BCUT2D eigenvalue weighted by molar-refractivity contribution is -0.143. The standard InChI is InChI=1S/C19H15F6NO4/c1-10-2-3-14(15(4-10)30-9-16(27)28)17(29)26-8-11-5-12(18(20,21)22)7-13(6-11)19(23,24)25/h2-7H,8-9H2,1H3,(H,26,29)(H,27,28). The minimum atomic E-state index is -5.01. The Morgan fingerprint density at radius 1 is 0.967 bits per heavy atom. The highest BCUT2D eigenvalue weighted by atomic mass is 19.4. The summed E-state index contributed by atoms with van der Waals surface area (Å²) in [6.07, 6.45) is -10.0. The molecule has 2 aromatic rings. The van der Waals surface area contributed by atoms with Crippen molar-refractivity contribution < 1.29 is 45.8 Å². The third-order valence-corrected chi connectivity index (χ3v) is 3.83. The molecule has 0 radical (unpaired) electrons. The van der Waals surface area contributed by atoms with Gasteiger partial charge in [-0.05, 0) is 48.4 Å². The third-order valence-electron chi connectivity index (χ3n) is 3.83. The van der Waals surface area contributed by atoms with Crippen molar-refractivity contribution in [2.24, 2.45) is 0 Å². The Kier molecular flexibility index (Phi) is 6.63. The number of ether oxygens (including phenoxy) is 1. The van der Waals surface area contributed by atoms with Gasteiger partial charge in [0.05, 0.1) is 16.7 Å². The van der Waals surface area contributed by atoms with Gasteiger partial charge >= 0.3 is 18.3 Å². The molecule has 0 aromatic heterocycles. The number of carbonyl (C=O) groups is 2. The van der Waals surface area contributed by atoms with Crippen LogP contribution in [0.15, 0.2) is 36.4 Å². The number of nitrogens with one attached hydrogen (secondary N) is 1. The number of aryl methyl sites for hydroxylation is 1. The second-order valence-corrected chi connectivity index (χ2v) is 6.28. The van der Waals surface area contributed by atoms with E-state index in [1.54, 1.807) is 6.92 Å². The van der Waals surface area contributed by atoms with Gasteiger partial charge in [0.15, 0.2) is 6.61 Å². The zero-order valence-corrected chi connectivity index (χ0v) is 15.3. The maximum absolute atomic E-state index is 12.9. The normalized spacial score (nSPS) is 11.8. The number of amides is 1. The second-order valence-electron chi connectivity index (χ2n) is 6.28. The summed E-state index contributed by atoms with van der Waals surface area (Å²) >= 11 is 0. The quantitative estimate of drug-likeness (QED) is 0.659. The molecule has 30 heavy (non-hydrogen) atoms. The molecule has 0 unspecified atom stereocenters. The number of aliphatic carboxylic acids is 1. The van der Waals surface area contributed by atoms with Gasteiger partial charge in [-0.2, -0.15) is 26.3 Å². The average molecular weight is 435 g/mol. The van der Waals surface area contributed by atoms with Crippen molar-refractivity contribution in [1.29, 1.82) is 0 Å². The number of carbonyl (C=O) groups excluding carboxylic acids is 1. The van der Waals surface area contributed by atoms with Crippen molar-refractivity contribution in [3.05, 3.63) is 64.2 Å². The molecule has 5 nitrogen and oxygen atoms in total. The summed E-state index contributed by atoms with van der Waals surface area (Å²) in [5.74, 6) is -2.25. The number of hydrogen-bond donors (Lipinski definition) is 2. The Balaban J connectivity index is 2.27. The summed E-state index contributed by atoms with van der Waals surface area (Å²) in [5.41, 5.74) is -2.89. The molecule has 0 atom stereocenters. The van der Waals surface area contributed by atoms with E-state index in [1.165, 1.54) is 18.2 Å². The van der Waals surface area contributed by atoms with Crippen LogP contribution in [-0.2, 0) is 23.7 Å². The van der Waals surface area contributed by atoms with Crippen LogP contribution in [0.5, 0.6) is 5.75 Å². The number of benzene rings is 2. The number of rotatable bonds is 6. The van der Waals surface area contributed by atoms with Crippen LogP contribution in [0.2, 0.25) is 0 Å². The van der Waals surface area contributed by atoms with Gasteiger partial charge in [0.2, 0.25) is 0 Å². The Labute approximate surface area is 166 Å². The zero-order chi connectivity index (χ0) is 22.7. The fraction of sp³-hybridized carbons (Fsp3) is 0.263.